The summed E-state index contributed by atoms with van der Waals surface area (Å²) in [6, 6.07) is 13.9. The van der Waals surface area contributed by atoms with E-state index >= 15 is 0 Å². The zero-order valence-corrected chi connectivity index (χ0v) is 18.6. The Balaban J connectivity index is 1.86. The highest BCUT2D eigenvalue weighted by molar-refractivity contribution is 9.10. The monoisotopic (exact) mass is 448 g/mol. The first-order chi connectivity index (χ1) is 13.3. The van der Waals surface area contributed by atoms with Gasteiger partial charge in [-0.25, -0.2) is 0 Å². The van der Waals surface area contributed by atoms with Gasteiger partial charge in [0.2, 0.25) is 0 Å². The van der Waals surface area contributed by atoms with E-state index in [-0.39, 0.29) is 18.1 Å². The number of benzene rings is 2. The molecule has 5 nitrogen and oxygen atoms in total. The van der Waals surface area contributed by atoms with Crippen molar-refractivity contribution in [2.24, 2.45) is 0 Å². The normalized spacial score (nSPS) is 11.2. The van der Waals surface area contributed by atoms with Gasteiger partial charge in [0.25, 0.3) is 5.91 Å². The Morgan fingerprint density at radius 3 is 2.46 bits per heavy atom. The van der Waals surface area contributed by atoms with Crippen molar-refractivity contribution in [1.82, 2.24) is 10.6 Å². The highest BCUT2D eigenvalue weighted by atomic mass is 79.9. The lowest BCUT2D eigenvalue weighted by Gasteiger charge is -2.21. The van der Waals surface area contributed by atoms with Gasteiger partial charge in [0, 0.05) is 22.1 Å². The van der Waals surface area contributed by atoms with Crippen LogP contribution in [0.3, 0.4) is 0 Å². The van der Waals surface area contributed by atoms with Crippen LogP contribution in [0.1, 0.15) is 31.9 Å². The fourth-order valence-corrected chi connectivity index (χ4v) is 3.08. The zero-order valence-electron chi connectivity index (χ0n) is 17.0. The number of carbonyl (C=O) groups excluding carboxylic acids is 1. The molecule has 6 heteroatoms. The van der Waals surface area contributed by atoms with E-state index in [1.165, 1.54) is 5.56 Å². The van der Waals surface area contributed by atoms with Crippen LogP contribution < -0.4 is 20.1 Å². The minimum absolute atomic E-state index is 0.00223. The molecule has 0 unspecified atom stereocenters. The molecule has 0 radical (unpaired) electrons. The molecule has 0 aliphatic heterocycles. The number of rotatable bonds is 9. The number of hydrogen-bond acceptors (Lipinski definition) is 4. The van der Waals surface area contributed by atoms with Gasteiger partial charge < -0.3 is 20.1 Å². The zero-order chi connectivity index (χ0) is 20.6. The molecule has 2 aromatic rings. The number of nitrogens with one attached hydrogen (secondary N) is 2. The van der Waals surface area contributed by atoms with Gasteiger partial charge in [0.05, 0.1) is 7.11 Å². The molecule has 0 spiro atoms. The summed E-state index contributed by atoms with van der Waals surface area (Å²) in [5, 5.41) is 6.34. The Hall–Kier alpha value is -2.05. The lowest BCUT2D eigenvalue weighted by atomic mass is 10.1. The van der Waals surface area contributed by atoms with Crippen molar-refractivity contribution in [3.63, 3.8) is 0 Å². The van der Waals surface area contributed by atoms with Crippen LogP contribution in [0.2, 0.25) is 0 Å². The largest absolute Gasteiger partial charge is 0.497 e. The average molecular weight is 449 g/mol. The van der Waals surface area contributed by atoms with Gasteiger partial charge >= 0.3 is 0 Å². The standard InChI is InChI=1S/C22H29BrN2O3/c1-22(2,3)25-21(26)15-28-20-10-7-18(23)13-17(20)14-24-12-11-16-5-8-19(27-4)9-6-16/h5-10,13,24H,11-12,14-15H2,1-4H3,(H,25,26). The van der Waals surface area contributed by atoms with Crippen LogP contribution in [-0.2, 0) is 17.8 Å². The Morgan fingerprint density at radius 2 is 1.82 bits per heavy atom. The van der Waals surface area contributed by atoms with Crippen LogP contribution in [0, 0.1) is 0 Å². The first-order valence-corrected chi connectivity index (χ1v) is 10.1. The highest BCUT2D eigenvalue weighted by Gasteiger charge is 2.14. The summed E-state index contributed by atoms with van der Waals surface area (Å²) in [7, 11) is 1.67. The van der Waals surface area contributed by atoms with E-state index < -0.39 is 0 Å². The van der Waals surface area contributed by atoms with E-state index in [1.807, 2.05) is 51.1 Å². The number of carbonyl (C=O) groups is 1. The van der Waals surface area contributed by atoms with E-state index in [0.717, 1.165) is 28.8 Å². The third kappa shape index (κ3) is 7.90. The molecule has 0 aliphatic rings. The fraction of sp³-hybridized carbons (Fsp3) is 0.409. The molecule has 1 amide bonds. The van der Waals surface area contributed by atoms with Crippen molar-refractivity contribution >= 4 is 21.8 Å². The number of amides is 1. The molecule has 2 rings (SSSR count). The number of hydrogen-bond donors (Lipinski definition) is 2. The van der Waals surface area contributed by atoms with Crippen LogP contribution in [-0.4, -0.2) is 31.7 Å². The molecule has 0 aliphatic carbocycles. The predicted octanol–water partition coefficient (Wildman–Crippen LogP) is 4.08. The second-order valence-electron chi connectivity index (χ2n) is 7.61. The van der Waals surface area contributed by atoms with Crippen molar-refractivity contribution in [2.45, 2.75) is 39.3 Å². The van der Waals surface area contributed by atoms with Crippen LogP contribution in [0.15, 0.2) is 46.9 Å². The fourth-order valence-electron chi connectivity index (χ4n) is 2.67. The quantitative estimate of drug-likeness (QED) is 0.567. The summed E-state index contributed by atoms with van der Waals surface area (Å²) < 4.78 is 11.9. The third-order valence-corrected chi connectivity index (χ3v) is 4.45. The van der Waals surface area contributed by atoms with Gasteiger partial charge in [-0.2, -0.15) is 0 Å². The average Bonchev–Trinajstić information content (AvgIpc) is 2.63. The van der Waals surface area contributed by atoms with Crippen LogP contribution in [0.25, 0.3) is 0 Å². The Kier molecular flexibility index (Phi) is 8.33. The van der Waals surface area contributed by atoms with Gasteiger partial charge in [0.1, 0.15) is 11.5 Å². The van der Waals surface area contributed by atoms with Gasteiger partial charge in [-0.3, -0.25) is 4.79 Å². The van der Waals surface area contributed by atoms with Crippen LogP contribution in [0.4, 0.5) is 0 Å². The van der Waals surface area contributed by atoms with E-state index in [1.54, 1.807) is 7.11 Å². The first-order valence-electron chi connectivity index (χ1n) is 9.33. The first kappa shape index (κ1) is 22.2. The molecule has 0 aromatic heterocycles. The molecule has 2 aromatic carbocycles. The van der Waals surface area contributed by atoms with Gasteiger partial charge in [-0.05, 0) is 69.6 Å². The molecular formula is C22H29BrN2O3. The van der Waals surface area contributed by atoms with E-state index in [4.69, 9.17) is 9.47 Å². The maximum Gasteiger partial charge on any atom is 0.258 e. The molecule has 0 atom stereocenters. The molecule has 0 saturated heterocycles. The second kappa shape index (κ2) is 10.5. The lowest BCUT2D eigenvalue weighted by Crippen LogP contribution is -2.43. The summed E-state index contributed by atoms with van der Waals surface area (Å²) in [5.41, 5.74) is 1.98. The molecule has 2 N–H and O–H groups in total. The summed E-state index contributed by atoms with van der Waals surface area (Å²) in [5.74, 6) is 1.45. The van der Waals surface area contributed by atoms with Gasteiger partial charge in [0.15, 0.2) is 6.61 Å². The number of ether oxygens (including phenoxy) is 2. The van der Waals surface area contributed by atoms with Gasteiger partial charge in [-0.1, -0.05) is 28.1 Å². The summed E-state index contributed by atoms with van der Waals surface area (Å²) >= 11 is 3.50. The van der Waals surface area contributed by atoms with Crippen LogP contribution in [0.5, 0.6) is 11.5 Å². The topological polar surface area (TPSA) is 59.6 Å². The van der Waals surface area contributed by atoms with E-state index in [2.05, 4.69) is 38.7 Å². The molecule has 0 saturated carbocycles. The van der Waals surface area contributed by atoms with Crippen molar-refractivity contribution in [2.75, 3.05) is 20.3 Å². The minimum atomic E-state index is -0.272. The Labute approximate surface area is 175 Å². The van der Waals surface area contributed by atoms with Gasteiger partial charge in [-0.15, -0.1) is 0 Å². The SMILES string of the molecule is COc1ccc(CCNCc2cc(Br)ccc2OCC(=O)NC(C)(C)C)cc1. The highest BCUT2D eigenvalue weighted by Crippen LogP contribution is 2.23. The summed E-state index contributed by atoms with van der Waals surface area (Å²) in [4.78, 5) is 12.0. The van der Waals surface area contributed by atoms with E-state index in [0.29, 0.717) is 12.3 Å². The minimum Gasteiger partial charge on any atom is -0.497 e. The molecule has 0 fully saturated rings. The predicted molar refractivity (Wildman–Crippen MR) is 116 cm³/mol. The van der Waals surface area contributed by atoms with E-state index in [9.17, 15) is 4.79 Å². The van der Waals surface area contributed by atoms with Crippen molar-refractivity contribution in [3.05, 3.63) is 58.1 Å². The summed E-state index contributed by atoms with van der Waals surface area (Å²) in [6.45, 7) is 7.33. The van der Waals surface area contributed by atoms with Crippen LogP contribution >= 0.6 is 15.9 Å². The molecular weight excluding hydrogens is 420 g/mol. The number of methoxy groups -OCH3 is 1. The molecule has 0 heterocycles. The number of halogens is 1. The molecule has 0 bridgehead atoms. The maximum atomic E-state index is 12.0. The van der Waals surface area contributed by atoms with Crippen molar-refractivity contribution in [1.29, 1.82) is 0 Å². The maximum absolute atomic E-state index is 12.0. The van der Waals surface area contributed by atoms with Crippen molar-refractivity contribution < 1.29 is 14.3 Å². The smallest absolute Gasteiger partial charge is 0.258 e. The van der Waals surface area contributed by atoms with Crippen molar-refractivity contribution in [3.8, 4) is 11.5 Å². The molecule has 152 valence electrons. The third-order valence-electron chi connectivity index (χ3n) is 3.96. The second-order valence-corrected chi connectivity index (χ2v) is 8.53. The Morgan fingerprint density at radius 1 is 1.11 bits per heavy atom. The molecule has 28 heavy (non-hydrogen) atoms. The summed E-state index contributed by atoms with van der Waals surface area (Å²) in [6.07, 6.45) is 0.919. The Bertz CT molecular complexity index is 770. The lowest BCUT2D eigenvalue weighted by molar-refractivity contribution is -0.124.